The van der Waals surface area contributed by atoms with Crippen LogP contribution in [0.25, 0.3) is 0 Å². The van der Waals surface area contributed by atoms with E-state index >= 15 is 8.42 Å². The van der Waals surface area contributed by atoms with E-state index in [2.05, 4.69) is 109 Å². The van der Waals surface area contributed by atoms with Crippen LogP contribution in [0.2, 0.25) is 72.5 Å². The highest BCUT2D eigenvalue weighted by Crippen LogP contribution is 2.50. The zero-order valence-corrected chi connectivity index (χ0v) is 40.8. The molecule has 288 valence electrons. The van der Waals surface area contributed by atoms with Gasteiger partial charge in [0, 0.05) is 0 Å². The van der Waals surface area contributed by atoms with Gasteiger partial charge in [0.2, 0.25) is 16.6 Å². The molecule has 1 aliphatic rings. The second-order valence-electron chi connectivity index (χ2n) is 18.5. The summed E-state index contributed by atoms with van der Waals surface area (Å²) in [6.07, 6.45) is 13.3. The topological polar surface area (TPSA) is 52.6 Å². The second-order valence-corrected chi connectivity index (χ2v) is 43.6. The van der Waals surface area contributed by atoms with Gasteiger partial charge in [0.05, 0.1) is 7.64 Å². The lowest BCUT2D eigenvalue weighted by molar-refractivity contribution is 0.507. The van der Waals surface area contributed by atoms with Gasteiger partial charge in [-0.1, -0.05) is 196 Å². The van der Waals surface area contributed by atoms with Gasteiger partial charge in [0.25, 0.3) is 0 Å². The van der Waals surface area contributed by atoms with Crippen LogP contribution in [-0.2, 0) is 27.3 Å². The molecule has 0 bridgehead atoms. The van der Waals surface area contributed by atoms with Crippen molar-refractivity contribution in [2.45, 2.75) is 233 Å². The van der Waals surface area contributed by atoms with Crippen molar-refractivity contribution in [2.75, 3.05) is 0 Å². The van der Waals surface area contributed by atoms with Gasteiger partial charge < -0.3 is 7.74 Å². The molecule has 0 atom stereocenters. The van der Waals surface area contributed by atoms with Crippen LogP contribution in [0.3, 0.4) is 0 Å². The van der Waals surface area contributed by atoms with Gasteiger partial charge in [-0.25, -0.2) is 8.42 Å². The van der Waals surface area contributed by atoms with Crippen molar-refractivity contribution in [1.29, 1.82) is 0 Å². The molecule has 48 heavy (non-hydrogen) atoms. The molecule has 0 amide bonds. The third-order valence-electron chi connectivity index (χ3n) is 12.2. The first-order valence-corrected chi connectivity index (χ1v) is 34.3. The number of unbranched alkanes of at least 4 members (excludes halogenated alkanes) is 6. The van der Waals surface area contributed by atoms with E-state index in [0.717, 1.165) is 121 Å². The molecule has 1 heterocycles. The van der Waals surface area contributed by atoms with Crippen molar-refractivity contribution in [3.63, 3.8) is 0 Å². The lowest BCUT2D eigenvalue weighted by Crippen LogP contribution is -2.70. The maximum Gasteiger partial charge on any atom is 0.213 e. The van der Waals surface area contributed by atoms with E-state index in [4.69, 9.17) is 7.74 Å². The third-order valence-corrected chi connectivity index (χ3v) is 47.2. The van der Waals surface area contributed by atoms with Crippen LogP contribution in [-0.4, -0.2) is 48.8 Å². The number of rotatable bonds is 24. The Morgan fingerprint density at radius 1 is 0.438 bits per heavy atom. The summed E-state index contributed by atoms with van der Waals surface area (Å²) in [5, 5.41) is -0.212. The molecule has 0 aromatic carbocycles. The zero-order chi connectivity index (χ0) is 37.3. The Morgan fingerprint density at radius 2 is 0.625 bits per heavy atom. The monoisotopic (exact) mass is 780 g/mol. The first-order chi connectivity index (χ1) is 22.0. The molecule has 0 fully saturated rings. The summed E-state index contributed by atoms with van der Waals surface area (Å²) in [7, 11) is -16.3. The van der Waals surface area contributed by atoms with Crippen LogP contribution >= 0.6 is 0 Å². The smallest absolute Gasteiger partial charge is 0.213 e. The predicted octanol–water partition coefficient (Wildman–Crippen LogP) is 13.5. The Kier molecular flexibility index (Phi) is 18.3. The van der Waals surface area contributed by atoms with Crippen molar-refractivity contribution >= 4 is 60.0 Å². The van der Waals surface area contributed by atoms with Gasteiger partial charge in [0.1, 0.15) is 35.8 Å². The van der Waals surface area contributed by atoms with Gasteiger partial charge in [0.15, 0.2) is 0 Å². The fraction of sp³-hybridized carbons (Fsp3) is 0.947. The SMILES string of the molecule is CCCC[Si](CCCC)(CCCC)C1=S(=O)(O[Si](C)(C)C(C)(C)C)C([Si](CCCC)(CCCC)CCCC)=S1(=O)O[Si](C)(C)C(C)(C)C. The van der Waals surface area contributed by atoms with Crippen LogP contribution in [0, 0.1) is 0 Å². The summed E-state index contributed by atoms with van der Waals surface area (Å²) in [6.45, 7) is 36.5. The standard InChI is InChI=1S/C38H84O4S2Si4/c1-17-23-29-47(30-24-18-2,31-25-19-3)35-43(39,41-45(13,14)37(7,8)9)36(44(35,40)42-46(15,16)38(10,11)12)48(32-26-20-4,33-27-21-5)34-28-22-6/h17-34H2,1-16H3. The Labute approximate surface area is 307 Å². The number of hydrogen-bond donors (Lipinski definition) is 0. The van der Waals surface area contributed by atoms with Crippen LogP contribution in [0.1, 0.15) is 160 Å². The predicted molar refractivity (Wildman–Crippen MR) is 233 cm³/mol. The fourth-order valence-corrected chi connectivity index (χ4v) is 45.1. The number of hydrogen-bond acceptors (Lipinski definition) is 4. The van der Waals surface area contributed by atoms with E-state index in [-0.39, 0.29) is 10.1 Å². The molecule has 0 saturated heterocycles. The minimum absolute atomic E-state index is 0.106. The summed E-state index contributed by atoms with van der Waals surface area (Å²) in [6, 6.07) is 6.39. The van der Waals surface area contributed by atoms with Crippen molar-refractivity contribution in [3.05, 3.63) is 0 Å². The second kappa shape index (κ2) is 18.7. The van der Waals surface area contributed by atoms with Gasteiger partial charge in [-0.05, 0) is 36.3 Å². The average Bonchev–Trinajstić information content (AvgIpc) is 2.96. The van der Waals surface area contributed by atoms with Crippen molar-refractivity contribution in [1.82, 2.24) is 0 Å². The highest BCUT2D eigenvalue weighted by molar-refractivity contribution is 8.53. The van der Waals surface area contributed by atoms with Crippen molar-refractivity contribution < 1.29 is 16.2 Å². The van der Waals surface area contributed by atoms with E-state index in [1.165, 1.54) is 0 Å². The molecule has 0 aromatic heterocycles. The molecule has 10 heteroatoms. The van der Waals surface area contributed by atoms with E-state index in [0.29, 0.717) is 0 Å². The molecule has 0 aromatic rings. The van der Waals surface area contributed by atoms with E-state index in [1.54, 1.807) is 0 Å². The normalized spacial score (nSPS) is 21.6. The van der Waals surface area contributed by atoms with Crippen LogP contribution in [0.4, 0.5) is 0 Å². The molecule has 1 aliphatic heterocycles. The largest absolute Gasteiger partial charge is 0.338 e. The summed E-state index contributed by atoms with van der Waals surface area (Å²) >= 11 is 0. The summed E-state index contributed by atoms with van der Waals surface area (Å²) in [5.74, 6) is 0. The van der Waals surface area contributed by atoms with Gasteiger partial charge in [-0.3, -0.25) is 0 Å². The van der Waals surface area contributed by atoms with Crippen LogP contribution < -0.4 is 0 Å². The van der Waals surface area contributed by atoms with Gasteiger partial charge in [-0.15, -0.1) is 0 Å². The summed E-state index contributed by atoms with van der Waals surface area (Å²) in [5.41, 5.74) is 0. The van der Waals surface area contributed by atoms with Crippen LogP contribution in [0.5, 0.6) is 0 Å². The molecule has 0 unspecified atom stereocenters. The van der Waals surface area contributed by atoms with E-state index < -0.39 is 52.4 Å². The first kappa shape index (κ1) is 46.8. The van der Waals surface area contributed by atoms with Crippen molar-refractivity contribution in [3.8, 4) is 0 Å². The molecule has 1 rings (SSSR count). The highest BCUT2D eigenvalue weighted by atomic mass is 32.3. The molecule has 0 aliphatic carbocycles. The third kappa shape index (κ3) is 10.5. The van der Waals surface area contributed by atoms with Crippen molar-refractivity contribution in [2.24, 2.45) is 0 Å². The molecule has 0 spiro atoms. The Bertz CT molecular complexity index is 1080. The van der Waals surface area contributed by atoms with Gasteiger partial charge >= 0.3 is 0 Å². The fourth-order valence-electron chi connectivity index (χ4n) is 7.00. The lowest BCUT2D eigenvalue weighted by atomic mass is 10.2. The average molecular weight is 782 g/mol. The van der Waals surface area contributed by atoms with Crippen LogP contribution in [0.15, 0.2) is 0 Å². The minimum atomic E-state index is -3.09. The molecule has 4 nitrogen and oxygen atoms in total. The maximum absolute atomic E-state index is 17.0. The highest BCUT2D eigenvalue weighted by Gasteiger charge is 2.63. The Morgan fingerprint density at radius 3 is 0.771 bits per heavy atom. The Hall–Kier alpha value is 0.828. The quantitative estimate of drug-likeness (QED) is 0.0723. The van der Waals surface area contributed by atoms with E-state index in [9.17, 15) is 0 Å². The van der Waals surface area contributed by atoms with Gasteiger partial charge in [-0.2, -0.15) is 0 Å². The Balaban J connectivity index is 4.76. The molecular weight excluding hydrogens is 697 g/mol. The summed E-state index contributed by atoms with van der Waals surface area (Å²) in [4.78, 5) is 0. The lowest BCUT2D eigenvalue weighted by Gasteiger charge is -2.53. The first-order valence-electron chi connectivity index (χ1n) is 20.3. The zero-order valence-electron chi connectivity index (χ0n) is 35.2. The van der Waals surface area contributed by atoms with E-state index in [1.807, 2.05) is 0 Å². The molecule has 0 saturated carbocycles. The molecular formula is C38H84O4S2Si4. The summed E-state index contributed by atoms with van der Waals surface area (Å²) < 4.78 is 50.8. The minimum Gasteiger partial charge on any atom is -0.338 e. The molecule has 0 N–H and O–H groups in total. The molecule has 0 radical (unpaired) electrons. The maximum atomic E-state index is 17.0.